The average molecular weight is 227 g/mol. The summed E-state index contributed by atoms with van der Waals surface area (Å²) in [5, 5.41) is 3.72. The lowest BCUT2D eigenvalue weighted by molar-refractivity contribution is -0.0431. The second kappa shape index (κ2) is 5.99. The van der Waals surface area contributed by atoms with Crippen LogP contribution in [0.4, 0.5) is 0 Å². The van der Waals surface area contributed by atoms with Gasteiger partial charge in [-0.2, -0.15) is 0 Å². The fourth-order valence-electron chi connectivity index (χ4n) is 2.86. The van der Waals surface area contributed by atoms with Gasteiger partial charge in [0.05, 0.1) is 12.2 Å². The van der Waals surface area contributed by atoms with E-state index < -0.39 is 0 Å². The first-order chi connectivity index (χ1) is 7.74. The van der Waals surface area contributed by atoms with Gasteiger partial charge in [0.2, 0.25) is 0 Å². The summed E-state index contributed by atoms with van der Waals surface area (Å²) in [6.45, 7) is 7.42. The van der Waals surface area contributed by atoms with Crippen LogP contribution in [0.3, 0.4) is 0 Å². The first kappa shape index (κ1) is 12.3. The molecule has 0 bridgehead atoms. The van der Waals surface area contributed by atoms with Crippen molar-refractivity contribution in [2.45, 2.75) is 57.8 Å². The van der Waals surface area contributed by atoms with Crippen LogP contribution in [0.1, 0.15) is 39.5 Å². The van der Waals surface area contributed by atoms with Gasteiger partial charge in [0.1, 0.15) is 0 Å². The molecule has 2 atom stereocenters. The van der Waals surface area contributed by atoms with E-state index in [0.29, 0.717) is 18.2 Å². The normalized spacial score (nSPS) is 37.5. The number of ether oxygens (including phenoxy) is 2. The molecule has 0 aromatic carbocycles. The van der Waals surface area contributed by atoms with E-state index in [2.05, 4.69) is 19.2 Å². The van der Waals surface area contributed by atoms with Crippen molar-refractivity contribution in [3.8, 4) is 0 Å². The lowest BCUT2D eigenvalue weighted by Gasteiger charge is -2.34. The molecule has 3 heteroatoms. The molecule has 2 aliphatic heterocycles. The van der Waals surface area contributed by atoms with Crippen LogP contribution in [0.5, 0.6) is 0 Å². The second-order valence-corrected chi connectivity index (χ2v) is 5.39. The van der Waals surface area contributed by atoms with Crippen LogP contribution in [-0.4, -0.2) is 38.0 Å². The van der Waals surface area contributed by atoms with Gasteiger partial charge in [0.15, 0.2) is 0 Å². The predicted molar refractivity (Wildman–Crippen MR) is 64.6 cm³/mol. The molecule has 3 nitrogen and oxygen atoms in total. The number of rotatable bonds is 3. The van der Waals surface area contributed by atoms with Gasteiger partial charge in [-0.05, 0) is 52.0 Å². The first-order valence-corrected chi connectivity index (χ1v) is 6.70. The molecule has 1 N–H and O–H groups in total. The molecule has 16 heavy (non-hydrogen) atoms. The Morgan fingerprint density at radius 3 is 2.31 bits per heavy atom. The van der Waals surface area contributed by atoms with E-state index in [1.54, 1.807) is 0 Å². The first-order valence-electron chi connectivity index (χ1n) is 6.70. The molecule has 2 heterocycles. The summed E-state index contributed by atoms with van der Waals surface area (Å²) < 4.78 is 11.1. The lowest BCUT2D eigenvalue weighted by Crippen LogP contribution is -2.43. The van der Waals surface area contributed by atoms with Crippen molar-refractivity contribution >= 4 is 0 Å². The smallest absolute Gasteiger partial charge is 0.0565 e. The van der Waals surface area contributed by atoms with Crippen molar-refractivity contribution in [2.75, 3.05) is 19.8 Å². The summed E-state index contributed by atoms with van der Waals surface area (Å²) in [6.07, 6.45) is 5.59. The second-order valence-electron chi connectivity index (χ2n) is 5.39. The molecule has 94 valence electrons. The fourth-order valence-corrected chi connectivity index (χ4v) is 2.86. The molecule has 0 aromatic rings. The van der Waals surface area contributed by atoms with Crippen LogP contribution in [0.25, 0.3) is 0 Å². The molecule has 0 aromatic heterocycles. The van der Waals surface area contributed by atoms with E-state index in [9.17, 15) is 0 Å². The zero-order valence-corrected chi connectivity index (χ0v) is 10.6. The number of hydrogen-bond acceptors (Lipinski definition) is 3. The van der Waals surface area contributed by atoms with Crippen molar-refractivity contribution in [3.05, 3.63) is 0 Å². The summed E-state index contributed by atoms with van der Waals surface area (Å²) in [4.78, 5) is 0. The van der Waals surface area contributed by atoms with E-state index in [0.717, 1.165) is 38.5 Å². The van der Waals surface area contributed by atoms with Crippen molar-refractivity contribution < 1.29 is 9.47 Å². The number of nitrogens with one attached hydrogen (secondary N) is 1. The SMILES string of the molecule is CC1CC(NCC2CCOCC2)CC(C)O1. The Bertz CT molecular complexity index is 194. The summed E-state index contributed by atoms with van der Waals surface area (Å²) in [5.41, 5.74) is 0. The van der Waals surface area contributed by atoms with E-state index in [1.165, 1.54) is 12.8 Å². The molecule has 2 saturated heterocycles. The Morgan fingerprint density at radius 1 is 1.06 bits per heavy atom. The zero-order valence-electron chi connectivity index (χ0n) is 10.6. The molecule has 0 radical (unpaired) electrons. The van der Waals surface area contributed by atoms with Crippen LogP contribution in [-0.2, 0) is 9.47 Å². The van der Waals surface area contributed by atoms with Crippen LogP contribution >= 0.6 is 0 Å². The molecule has 2 rings (SSSR count). The summed E-state index contributed by atoms with van der Waals surface area (Å²) >= 11 is 0. The highest BCUT2D eigenvalue weighted by Gasteiger charge is 2.24. The minimum Gasteiger partial charge on any atom is -0.381 e. The maximum atomic E-state index is 5.75. The van der Waals surface area contributed by atoms with Crippen LogP contribution in [0.2, 0.25) is 0 Å². The van der Waals surface area contributed by atoms with Gasteiger partial charge >= 0.3 is 0 Å². The van der Waals surface area contributed by atoms with Crippen molar-refractivity contribution in [3.63, 3.8) is 0 Å². The number of hydrogen-bond donors (Lipinski definition) is 1. The van der Waals surface area contributed by atoms with Gasteiger partial charge in [-0.1, -0.05) is 0 Å². The van der Waals surface area contributed by atoms with E-state index in [4.69, 9.17) is 9.47 Å². The standard InChI is InChI=1S/C13H25NO2/c1-10-7-13(8-11(2)16-10)14-9-12-3-5-15-6-4-12/h10-14H,3-9H2,1-2H3. The summed E-state index contributed by atoms with van der Waals surface area (Å²) in [7, 11) is 0. The summed E-state index contributed by atoms with van der Waals surface area (Å²) in [6, 6.07) is 0.654. The fraction of sp³-hybridized carbons (Fsp3) is 1.00. The maximum Gasteiger partial charge on any atom is 0.0565 e. The minimum absolute atomic E-state index is 0.413. The highest BCUT2D eigenvalue weighted by Crippen LogP contribution is 2.20. The largest absolute Gasteiger partial charge is 0.381 e. The molecular formula is C13H25NO2. The van der Waals surface area contributed by atoms with Gasteiger partial charge in [-0.3, -0.25) is 0 Å². The molecule has 0 amide bonds. The predicted octanol–water partition coefficient (Wildman–Crippen LogP) is 1.96. The van der Waals surface area contributed by atoms with Gasteiger partial charge in [-0.25, -0.2) is 0 Å². The van der Waals surface area contributed by atoms with Crippen molar-refractivity contribution in [2.24, 2.45) is 5.92 Å². The Morgan fingerprint density at radius 2 is 1.69 bits per heavy atom. The third-order valence-electron chi connectivity index (χ3n) is 3.73. The van der Waals surface area contributed by atoms with Gasteiger partial charge in [0.25, 0.3) is 0 Å². The maximum absolute atomic E-state index is 5.75. The Hall–Kier alpha value is -0.120. The third-order valence-corrected chi connectivity index (χ3v) is 3.73. The van der Waals surface area contributed by atoms with Crippen LogP contribution < -0.4 is 5.32 Å². The Labute approximate surface area is 98.9 Å². The highest BCUT2D eigenvalue weighted by molar-refractivity contribution is 4.80. The Kier molecular flexibility index (Phi) is 4.62. The topological polar surface area (TPSA) is 30.5 Å². The summed E-state index contributed by atoms with van der Waals surface area (Å²) in [5.74, 6) is 0.821. The molecule has 2 unspecified atom stereocenters. The van der Waals surface area contributed by atoms with Crippen molar-refractivity contribution in [1.29, 1.82) is 0 Å². The van der Waals surface area contributed by atoms with Gasteiger partial charge < -0.3 is 14.8 Å². The molecule has 2 aliphatic rings. The van der Waals surface area contributed by atoms with Gasteiger partial charge in [-0.15, -0.1) is 0 Å². The quantitative estimate of drug-likeness (QED) is 0.799. The molecular weight excluding hydrogens is 202 g/mol. The molecule has 0 spiro atoms. The highest BCUT2D eigenvalue weighted by atomic mass is 16.5. The molecule has 0 saturated carbocycles. The zero-order chi connectivity index (χ0) is 11.4. The lowest BCUT2D eigenvalue weighted by atomic mass is 9.96. The minimum atomic E-state index is 0.413. The third kappa shape index (κ3) is 3.72. The van der Waals surface area contributed by atoms with Gasteiger partial charge in [0, 0.05) is 19.3 Å². The van der Waals surface area contributed by atoms with E-state index >= 15 is 0 Å². The van der Waals surface area contributed by atoms with Crippen LogP contribution in [0.15, 0.2) is 0 Å². The average Bonchev–Trinajstić information content (AvgIpc) is 2.27. The Balaban J connectivity index is 1.68. The van der Waals surface area contributed by atoms with E-state index in [1.807, 2.05) is 0 Å². The van der Waals surface area contributed by atoms with Crippen molar-refractivity contribution in [1.82, 2.24) is 5.32 Å². The van der Waals surface area contributed by atoms with E-state index in [-0.39, 0.29) is 0 Å². The molecule has 0 aliphatic carbocycles. The van der Waals surface area contributed by atoms with Crippen LogP contribution in [0, 0.1) is 5.92 Å². The monoisotopic (exact) mass is 227 g/mol. The molecule has 2 fully saturated rings.